The number of nitrogens with zero attached hydrogens (tertiary/aromatic N) is 2. The molecule has 1 unspecified atom stereocenters. The highest BCUT2D eigenvalue weighted by Gasteiger charge is 2.38. The molecule has 0 bridgehead atoms. The number of Topliss-reactive ketones (excluding diaryl/α,β-unsaturated/α-hetero) is 1. The second kappa shape index (κ2) is 3.77. The van der Waals surface area contributed by atoms with Gasteiger partial charge >= 0.3 is 0 Å². The summed E-state index contributed by atoms with van der Waals surface area (Å²) in [5.41, 5.74) is 0.0305. The molecular formula is C11H16N2O2. The van der Waals surface area contributed by atoms with E-state index in [1.165, 1.54) is 0 Å². The van der Waals surface area contributed by atoms with Crippen LogP contribution in [0.25, 0.3) is 0 Å². The first-order chi connectivity index (χ1) is 7.15. The molecule has 0 aromatic carbocycles. The lowest BCUT2D eigenvalue weighted by molar-refractivity contribution is 0.0213. The van der Waals surface area contributed by atoms with E-state index in [0.717, 1.165) is 19.4 Å². The molecule has 0 aliphatic carbocycles. The van der Waals surface area contributed by atoms with Crippen LogP contribution in [-0.2, 0) is 11.3 Å². The number of ketones is 1. The molecule has 82 valence electrons. The molecule has 1 aliphatic heterocycles. The van der Waals surface area contributed by atoms with Gasteiger partial charge in [-0.3, -0.25) is 9.48 Å². The molecule has 1 fully saturated rings. The van der Waals surface area contributed by atoms with Crippen LogP contribution in [0.1, 0.15) is 37.0 Å². The van der Waals surface area contributed by atoms with Crippen molar-refractivity contribution in [3.05, 3.63) is 18.0 Å². The van der Waals surface area contributed by atoms with Gasteiger partial charge in [0, 0.05) is 19.3 Å². The predicted octanol–water partition coefficient (Wildman–Crippen LogP) is 1.65. The van der Waals surface area contributed by atoms with Crippen molar-refractivity contribution in [3.63, 3.8) is 0 Å². The van der Waals surface area contributed by atoms with Crippen LogP contribution in [0.2, 0.25) is 0 Å². The van der Waals surface area contributed by atoms with Gasteiger partial charge in [-0.1, -0.05) is 0 Å². The first-order valence-electron chi connectivity index (χ1n) is 5.37. The average molecular weight is 208 g/mol. The van der Waals surface area contributed by atoms with E-state index in [0.29, 0.717) is 12.2 Å². The Morgan fingerprint density at radius 3 is 3.07 bits per heavy atom. The van der Waals surface area contributed by atoms with E-state index in [9.17, 15) is 4.79 Å². The highest BCUT2D eigenvalue weighted by Crippen LogP contribution is 2.28. The molecule has 4 heteroatoms. The molecule has 1 aromatic rings. The highest BCUT2D eigenvalue weighted by molar-refractivity contribution is 6.02. The summed E-state index contributed by atoms with van der Waals surface area (Å²) >= 11 is 0. The zero-order valence-electron chi connectivity index (χ0n) is 9.19. The van der Waals surface area contributed by atoms with Crippen LogP contribution >= 0.6 is 0 Å². The van der Waals surface area contributed by atoms with Gasteiger partial charge in [-0.25, -0.2) is 0 Å². The summed E-state index contributed by atoms with van der Waals surface area (Å²) in [5, 5.41) is 4.10. The molecular weight excluding hydrogens is 192 g/mol. The molecule has 1 saturated heterocycles. The summed E-state index contributed by atoms with van der Waals surface area (Å²) in [6.07, 6.45) is 5.18. The molecule has 2 heterocycles. The van der Waals surface area contributed by atoms with Crippen molar-refractivity contribution in [3.8, 4) is 0 Å². The van der Waals surface area contributed by atoms with Crippen molar-refractivity contribution in [1.82, 2.24) is 9.78 Å². The van der Waals surface area contributed by atoms with E-state index in [1.807, 2.05) is 13.8 Å². The molecule has 0 saturated carbocycles. The second-order valence-electron chi connectivity index (χ2n) is 4.10. The van der Waals surface area contributed by atoms with Gasteiger partial charge in [0.15, 0.2) is 5.78 Å². The largest absolute Gasteiger partial charge is 0.367 e. The van der Waals surface area contributed by atoms with Crippen molar-refractivity contribution in [2.24, 2.45) is 0 Å². The zero-order valence-corrected chi connectivity index (χ0v) is 9.19. The summed E-state index contributed by atoms with van der Waals surface area (Å²) in [7, 11) is 0. The maximum Gasteiger partial charge on any atom is 0.197 e. The average Bonchev–Trinajstić information content (AvgIpc) is 2.85. The van der Waals surface area contributed by atoms with Crippen LogP contribution < -0.4 is 0 Å². The van der Waals surface area contributed by atoms with Crippen LogP contribution in [0.3, 0.4) is 0 Å². The number of aryl methyl sites for hydroxylation is 1. The van der Waals surface area contributed by atoms with Crippen molar-refractivity contribution in [2.45, 2.75) is 38.8 Å². The fourth-order valence-corrected chi connectivity index (χ4v) is 1.92. The van der Waals surface area contributed by atoms with Gasteiger partial charge in [0.1, 0.15) is 5.60 Å². The molecule has 0 N–H and O–H groups in total. The van der Waals surface area contributed by atoms with E-state index in [4.69, 9.17) is 4.74 Å². The van der Waals surface area contributed by atoms with Crippen LogP contribution in [0.5, 0.6) is 0 Å². The molecule has 1 aliphatic rings. The standard InChI is InChI=1S/C11H16N2O2/c1-3-13-8-9(7-12-13)10(14)11(2)5-4-6-15-11/h7-8H,3-6H2,1-2H3. The lowest BCUT2D eigenvalue weighted by Crippen LogP contribution is -2.34. The monoisotopic (exact) mass is 208 g/mol. The number of carbonyl (C=O) groups is 1. The highest BCUT2D eigenvalue weighted by atomic mass is 16.5. The Balaban J connectivity index is 2.19. The van der Waals surface area contributed by atoms with Gasteiger partial charge in [0.05, 0.1) is 11.8 Å². The van der Waals surface area contributed by atoms with Gasteiger partial charge in [-0.15, -0.1) is 0 Å². The van der Waals surface area contributed by atoms with Crippen LogP contribution in [0, 0.1) is 0 Å². The first-order valence-corrected chi connectivity index (χ1v) is 5.37. The smallest absolute Gasteiger partial charge is 0.197 e. The quantitative estimate of drug-likeness (QED) is 0.709. The van der Waals surface area contributed by atoms with Gasteiger partial charge in [0.25, 0.3) is 0 Å². The summed E-state index contributed by atoms with van der Waals surface area (Å²) in [6.45, 7) is 5.33. The third-order valence-corrected chi connectivity index (χ3v) is 2.92. The van der Waals surface area contributed by atoms with E-state index in [-0.39, 0.29) is 5.78 Å². The summed E-state index contributed by atoms with van der Waals surface area (Å²) in [5.74, 6) is 0.0553. The van der Waals surface area contributed by atoms with Gasteiger partial charge in [-0.2, -0.15) is 5.10 Å². The SMILES string of the molecule is CCn1cc(C(=O)C2(C)CCCO2)cn1. The number of aromatic nitrogens is 2. The van der Waals surface area contributed by atoms with E-state index >= 15 is 0 Å². The lowest BCUT2D eigenvalue weighted by atomic mass is 9.94. The normalized spacial score (nSPS) is 25.7. The van der Waals surface area contributed by atoms with E-state index in [2.05, 4.69) is 5.10 Å². The summed E-state index contributed by atoms with van der Waals surface area (Å²) < 4.78 is 7.27. The minimum atomic E-state index is -0.623. The van der Waals surface area contributed by atoms with Crippen LogP contribution in [-0.4, -0.2) is 27.8 Å². The molecule has 2 rings (SSSR count). The van der Waals surface area contributed by atoms with Gasteiger partial charge < -0.3 is 4.74 Å². The zero-order chi connectivity index (χ0) is 10.9. The number of hydrogen-bond acceptors (Lipinski definition) is 3. The maximum absolute atomic E-state index is 12.1. The Morgan fingerprint density at radius 1 is 1.73 bits per heavy atom. The van der Waals surface area contributed by atoms with E-state index in [1.54, 1.807) is 17.1 Å². The van der Waals surface area contributed by atoms with Crippen molar-refractivity contribution in [1.29, 1.82) is 0 Å². The van der Waals surface area contributed by atoms with Crippen molar-refractivity contribution < 1.29 is 9.53 Å². The Labute approximate surface area is 89.2 Å². The number of ether oxygens (including phenoxy) is 1. The third kappa shape index (κ3) is 1.81. The number of rotatable bonds is 3. The molecule has 1 atom stereocenters. The van der Waals surface area contributed by atoms with Crippen molar-refractivity contribution >= 4 is 5.78 Å². The topological polar surface area (TPSA) is 44.1 Å². The maximum atomic E-state index is 12.1. The second-order valence-corrected chi connectivity index (χ2v) is 4.10. The van der Waals surface area contributed by atoms with E-state index < -0.39 is 5.60 Å². The van der Waals surface area contributed by atoms with Gasteiger partial charge in [0.2, 0.25) is 0 Å². The lowest BCUT2D eigenvalue weighted by Gasteiger charge is -2.20. The molecule has 4 nitrogen and oxygen atoms in total. The third-order valence-electron chi connectivity index (χ3n) is 2.92. The van der Waals surface area contributed by atoms with Gasteiger partial charge in [-0.05, 0) is 26.7 Å². The minimum absolute atomic E-state index is 0.0553. The summed E-state index contributed by atoms with van der Waals surface area (Å²) in [4.78, 5) is 12.1. The number of carbonyl (C=O) groups excluding carboxylic acids is 1. The van der Waals surface area contributed by atoms with Crippen molar-refractivity contribution in [2.75, 3.05) is 6.61 Å². The van der Waals surface area contributed by atoms with Crippen LogP contribution in [0.15, 0.2) is 12.4 Å². The Hall–Kier alpha value is -1.16. The molecule has 1 aromatic heterocycles. The Bertz CT molecular complexity index is 364. The fraction of sp³-hybridized carbons (Fsp3) is 0.636. The predicted molar refractivity (Wildman–Crippen MR) is 55.8 cm³/mol. The molecule has 0 spiro atoms. The molecule has 0 amide bonds. The minimum Gasteiger partial charge on any atom is -0.367 e. The fourth-order valence-electron chi connectivity index (χ4n) is 1.92. The Morgan fingerprint density at radius 2 is 2.53 bits per heavy atom. The molecule has 15 heavy (non-hydrogen) atoms. The number of hydrogen-bond donors (Lipinski definition) is 0. The summed E-state index contributed by atoms with van der Waals surface area (Å²) in [6, 6.07) is 0. The molecule has 0 radical (unpaired) electrons. The first kappa shape index (κ1) is 10.4. The van der Waals surface area contributed by atoms with Crippen LogP contribution in [0.4, 0.5) is 0 Å². The Kier molecular flexibility index (Phi) is 2.61.